The van der Waals surface area contributed by atoms with E-state index in [2.05, 4.69) is 0 Å². The second-order valence-electron chi connectivity index (χ2n) is 3.83. The van der Waals surface area contributed by atoms with Crippen molar-refractivity contribution in [2.45, 2.75) is 6.10 Å². The highest BCUT2D eigenvalue weighted by Crippen LogP contribution is 2.25. The summed E-state index contributed by atoms with van der Waals surface area (Å²) in [5.74, 6) is 0.818. The molecule has 1 atom stereocenters. The second kappa shape index (κ2) is 5.66. The molecule has 0 heterocycles. The topological polar surface area (TPSA) is 38.7 Å². The molecule has 0 aliphatic carbocycles. The maximum absolute atomic E-state index is 9.01. The molecule has 3 heteroatoms. The van der Waals surface area contributed by atoms with Crippen molar-refractivity contribution in [2.24, 2.45) is 0 Å². The standard InChI is InChI=1S/C14H16O3/c1-16-12(9-15)10-17-14-8-4-6-11-5-2-3-7-13(11)14/h2-8,12,15H,9-10H2,1H3/t12-/m1/s1. The molecule has 2 aromatic rings. The van der Waals surface area contributed by atoms with E-state index in [0.717, 1.165) is 16.5 Å². The Hall–Kier alpha value is -1.58. The molecule has 0 spiro atoms. The van der Waals surface area contributed by atoms with E-state index >= 15 is 0 Å². The second-order valence-corrected chi connectivity index (χ2v) is 3.83. The van der Waals surface area contributed by atoms with Crippen molar-refractivity contribution in [2.75, 3.05) is 20.3 Å². The van der Waals surface area contributed by atoms with Crippen LogP contribution in [-0.4, -0.2) is 31.5 Å². The summed E-state index contributed by atoms with van der Waals surface area (Å²) in [6.07, 6.45) is -0.283. The predicted molar refractivity (Wildman–Crippen MR) is 67.3 cm³/mol. The fraction of sp³-hybridized carbons (Fsp3) is 0.286. The van der Waals surface area contributed by atoms with Crippen molar-refractivity contribution in [3.63, 3.8) is 0 Å². The van der Waals surface area contributed by atoms with Gasteiger partial charge in [0.15, 0.2) is 0 Å². The van der Waals surface area contributed by atoms with Crippen LogP contribution < -0.4 is 4.74 Å². The van der Waals surface area contributed by atoms with Gasteiger partial charge in [0.05, 0.1) is 6.61 Å². The molecule has 0 amide bonds. The summed E-state index contributed by atoms with van der Waals surface area (Å²) in [5.41, 5.74) is 0. The van der Waals surface area contributed by atoms with Crippen LogP contribution in [0.15, 0.2) is 42.5 Å². The molecule has 2 aromatic carbocycles. The van der Waals surface area contributed by atoms with Crippen molar-refractivity contribution in [3.8, 4) is 5.75 Å². The quantitative estimate of drug-likeness (QED) is 0.859. The maximum Gasteiger partial charge on any atom is 0.127 e. The average molecular weight is 232 g/mol. The van der Waals surface area contributed by atoms with Crippen molar-refractivity contribution in [1.29, 1.82) is 0 Å². The van der Waals surface area contributed by atoms with E-state index in [1.54, 1.807) is 7.11 Å². The molecule has 0 saturated heterocycles. The summed E-state index contributed by atoms with van der Waals surface area (Å²) in [5, 5.41) is 11.2. The van der Waals surface area contributed by atoms with Gasteiger partial charge in [0.25, 0.3) is 0 Å². The molecule has 3 nitrogen and oxygen atoms in total. The summed E-state index contributed by atoms with van der Waals surface area (Å²) in [6.45, 7) is 0.308. The summed E-state index contributed by atoms with van der Waals surface area (Å²) < 4.78 is 10.7. The first-order chi connectivity index (χ1) is 8.35. The Labute approximate surface area is 101 Å². The minimum atomic E-state index is -0.283. The number of ether oxygens (including phenoxy) is 2. The lowest BCUT2D eigenvalue weighted by atomic mass is 10.1. The number of hydrogen-bond acceptors (Lipinski definition) is 3. The van der Waals surface area contributed by atoms with E-state index in [0.29, 0.717) is 6.61 Å². The molecule has 0 aliphatic heterocycles. The smallest absolute Gasteiger partial charge is 0.127 e. The van der Waals surface area contributed by atoms with Gasteiger partial charge < -0.3 is 14.6 Å². The minimum absolute atomic E-state index is 0.0404. The molecule has 1 N–H and O–H groups in total. The minimum Gasteiger partial charge on any atom is -0.490 e. The zero-order valence-corrected chi connectivity index (χ0v) is 9.80. The van der Waals surface area contributed by atoms with Crippen molar-refractivity contribution in [3.05, 3.63) is 42.5 Å². The Morgan fingerprint density at radius 2 is 1.88 bits per heavy atom. The van der Waals surface area contributed by atoms with E-state index in [4.69, 9.17) is 14.6 Å². The Kier molecular flexibility index (Phi) is 3.96. The molecule has 0 unspecified atom stereocenters. The first kappa shape index (κ1) is 11.9. The van der Waals surface area contributed by atoms with Crippen LogP contribution in [0, 0.1) is 0 Å². The largest absolute Gasteiger partial charge is 0.490 e. The number of aliphatic hydroxyl groups excluding tert-OH is 1. The van der Waals surface area contributed by atoms with Gasteiger partial charge in [0.1, 0.15) is 18.5 Å². The van der Waals surface area contributed by atoms with Crippen LogP contribution >= 0.6 is 0 Å². The number of rotatable bonds is 5. The van der Waals surface area contributed by atoms with Gasteiger partial charge in [0.2, 0.25) is 0 Å². The molecule has 90 valence electrons. The normalized spacial score (nSPS) is 12.6. The van der Waals surface area contributed by atoms with E-state index < -0.39 is 0 Å². The van der Waals surface area contributed by atoms with Gasteiger partial charge >= 0.3 is 0 Å². The van der Waals surface area contributed by atoms with E-state index in [1.165, 1.54) is 0 Å². The monoisotopic (exact) mass is 232 g/mol. The zero-order valence-electron chi connectivity index (χ0n) is 9.80. The lowest BCUT2D eigenvalue weighted by Crippen LogP contribution is -2.24. The van der Waals surface area contributed by atoms with Crippen LogP contribution in [0.1, 0.15) is 0 Å². The number of methoxy groups -OCH3 is 1. The lowest BCUT2D eigenvalue weighted by molar-refractivity contribution is 0.0168. The van der Waals surface area contributed by atoms with Gasteiger partial charge in [-0.25, -0.2) is 0 Å². The molecule has 0 aliphatic rings. The molecule has 0 aromatic heterocycles. The predicted octanol–water partition coefficient (Wildman–Crippen LogP) is 2.23. The fourth-order valence-electron chi connectivity index (χ4n) is 1.70. The maximum atomic E-state index is 9.01. The number of benzene rings is 2. The lowest BCUT2D eigenvalue weighted by Gasteiger charge is -2.14. The molecule has 2 rings (SSSR count). The first-order valence-corrected chi connectivity index (χ1v) is 5.59. The molecule has 0 bridgehead atoms. The van der Waals surface area contributed by atoms with Gasteiger partial charge in [-0.3, -0.25) is 0 Å². The van der Waals surface area contributed by atoms with Crippen molar-refractivity contribution < 1.29 is 14.6 Å². The van der Waals surface area contributed by atoms with Gasteiger partial charge in [-0.15, -0.1) is 0 Å². The number of aliphatic hydroxyl groups is 1. The molecular weight excluding hydrogens is 216 g/mol. The molecule has 0 saturated carbocycles. The molecule has 0 radical (unpaired) electrons. The van der Waals surface area contributed by atoms with Crippen molar-refractivity contribution in [1.82, 2.24) is 0 Å². The van der Waals surface area contributed by atoms with Gasteiger partial charge in [-0.05, 0) is 11.5 Å². The van der Waals surface area contributed by atoms with E-state index in [1.807, 2.05) is 42.5 Å². The molecule has 0 fully saturated rings. The average Bonchev–Trinajstić information content (AvgIpc) is 2.40. The highest BCUT2D eigenvalue weighted by atomic mass is 16.5. The zero-order chi connectivity index (χ0) is 12.1. The first-order valence-electron chi connectivity index (χ1n) is 5.59. The van der Waals surface area contributed by atoms with Crippen LogP contribution in [0.4, 0.5) is 0 Å². The highest BCUT2D eigenvalue weighted by molar-refractivity contribution is 5.88. The van der Waals surface area contributed by atoms with Crippen molar-refractivity contribution >= 4 is 10.8 Å². The van der Waals surface area contributed by atoms with Crippen LogP contribution in [0.5, 0.6) is 5.75 Å². The third-order valence-corrected chi connectivity index (χ3v) is 2.71. The summed E-state index contributed by atoms with van der Waals surface area (Å²) in [7, 11) is 1.56. The van der Waals surface area contributed by atoms with Crippen LogP contribution in [0.2, 0.25) is 0 Å². The summed E-state index contributed by atoms with van der Waals surface area (Å²) in [6, 6.07) is 14.0. The van der Waals surface area contributed by atoms with Gasteiger partial charge in [-0.1, -0.05) is 36.4 Å². The third kappa shape index (κ3) is 2.75. The fourth-order valence-corrected chi connectivity index (χ4v) is 1.70. The molecular formula is C14H16O3. The third-order valence-electron chi connectivity index (χ3n) is 2.71. The number of hydrogen-bond donors (Lipinski definition) is 1. The molecule has 17 heavy (non-hydrogen) atoms. The van der Waals surface area contributed by atoms with E-state index in [-0.39, 0.29) is 12.7 Å². The van der Waals surface area contributed by atoms with Gasteiger partial charge in [-0.2, -0.15) is 0 Å². The Balaban J connectivity index is 2.18. The Morgan fingerprint density at radius 1 is 1.12 bits per heavy atom. The summed E-state index contributed by atoms with van der Waals surface area (Å²) in [4.78, 5) is 0. The van der Waals surface area contributed by atoms with Gasteiger partial charge in [0, 0.05) is 12.5 Å². The van der Waals surface area contributed by atoms with Crippen LogP contribution in [0.3, 0.4) is 0 Å². The number of fused-ring (bicyclic) bond motifs is 1. The van der Waals surface area contributed by atoms with E-state index in [9.17, 15) is 0 Å². The Morgan fingerprint density at radius 3 is 2.65 bits per heavy atom. The highest BCUT2D eigenvalue weighted by Gasteiger charge is 2.07. The van der Waals surface area contributed by atoms with Crippen LogP contribution in [-0.2, 0) is 4.74 Å². The SMILES string of the molecule is CO[C@H](CO)COc1cccc2ccccc12. The summed E-state index contributed by atoms with van der Waals surface area (Å²) >= 11 is 0. The Bertz CT molecular complexity index is 472. The van der Waals surface area contributed by atoms with Crippen LogP contribution in [0.25, 0.3) is 10.8 Å².